The van der Waals surface area contributed by atoms with Gasteiger partial charge in [0.15, 0.2) is 5.82 Å². The van der Waals surface area contributed by atoms with Crippen LogP contribution in [0.3, 0.4) is 0 Å². The summed E-state index contributed by atoms with van der Waals surface area (Å²) in [4.78, 5) is 19.5. The molecule has 4 rings (SSSR count). The molecule has 0 bridgehead atoms. The summed E-state index contributed by atoms with van der Waals surface area (Å²) in [5.74, 6) is 2.81. The molecular formula is C16H19N7O2. The van der Waals surface area contributed by atoms with Crippen molar-refractivity contribution in [3.8, 4) is 11.6 Å². The molecular weight excluding hydrogens is 322 g/mol. The largest absolute Gasteiger partial charge is 0.339 e. The van der Waals surface area contributed by atoms with Crippen LogP contribution in [-0.2, 0) is 13.0 Å². The van der Waals surface area contributed by atoms with Crippen LogP contribution in [0.1, 0.15) is 49.8 Å². The molecule has 0 radical (unpaired) electrons. The highest BCUT2D eigenvalue weighted by Crippen LogP contribution is 2.31. The Morgan fingerprint density at radius 3 is 2.76 bits per heavy atom. The van der Waals surface area contributed by atoms with Crippen LogP contribution in [0.25, 0.3) is 11.6 Å². The van der Waals surface area contributed by atoms with E-state index in [4.69, 9.17) is 9.05 Å². The first-order chi connectivity index (χ1) is 12.3. The fourth-order valence-electron chi connectivity index (χ4n) is 3.02. The number of hydrogen-bond donors (Lipinski definition) is 0. The normalized spacial score (nSPS) is 18.5. The SMILES string of the molecule is CCc1nc(CN2CCCCC2c2nc(-c3ncccn3)no2)no1. The van der Waals surface area contributed by atoms with E-state index >= 15 is 0 Å². The van der Waals surface area contributed by atoms with E-state index in [0.29, 0.717) is 35.8 Å². The predicted octanol–water partition coefficient (Wildman–Crippen LogP) is 2.20. The predicted molar refractivity (Wildman–Crippen MR) is 86.0 cm³/mol. The zero-order valence-electron chi connectivity index (χ0n) is 14.0. The summed E-state index contributed by atoms with van der Waals surface area (Å²) in [7, 11) is 0. The van der Waals surface area contributed by atoms with Crippen molar-refractivity contribution < 1.29 is 9.05 Å². The lowest BCUT2D eigenvalue weighted by Crippen LogP contribution is -2.33. The van der Waals surface area contributed by atoms with Crippen molar-refractivity contribution in [2.24, 2.45) is 0 Å². The zero-order chi connectivity index (χ0) is 17.1. The molecule has 1 unspecified atom stereocenters. The molecule has 0 amide bonds. The van der Waals surface area contributed by atoms with E-state index in [9.17, 15) is 0 Å². The standard InChI is InChI=1S/C16H19N7O2/c1-2-13-19-12(21-24-13)10-23-9-4-3-6-11(23)16-20-15(22-25-16)14-17-7-5-8-18-14/h5,7-8,11H,2-4,6,9-10H2,1H3. The summed E-state index contributed by atoms with van der Waals surface area (Å²) < 4.78 is 10.7. The summed E-state index contributed by atoms with van der Waals surface area (Å²) in [6.45, 7) is 3.53. The molecule has 9 heteroatoms. The van der Waals surface area contributed by atoms with E-state index in [0.717, 1.165) is 32.2 Å². The van der Waals surface area contributed by atoms with E-state index < -0.39 is 0 Å². The van der Waals surface area contributed by atoms with Crippen LogP contribution in [0.4, 0.5) is 0 Å². The van der Waals surface area contributed by atoms with Crippen molar-refractivity contribution in [1.82, 2.24) is 35.1 Å². The van der Waals surface area contributed by atoms with Gasteiger partial charge in [0.25, 0.3) is 0 Å². The number of aryl methyl sites for hydroxylation is 1. The molecule has 1 fully saturated rings. The van der Waals surface area contributed by atoms with E-state index in [1.165, 1.54) is 0 Å². The first-order valence-corrected chi connectivity index (χ1v) is 8.50. The van der Waals surface area contributed by atoms with Crippen molar-refractivity contribution in [2.45, 2.75) is 45.2 Å². The van der Waals surface area contributed by atoms with E-state index in [2.05, 4.69) is 35.1 Å². The molecule has 1 saturated heterocycles. The Labute approximate surface area is 144 Å². The lowest BCUT2D eigenvalue weighted by atomic mass is 10.0. The number of likely N-dealkylation sites (tertiary alicyclic amines) is 1. The third kappa shape index (κ3) is 3.41. The van der Waals surface area contributed by atoms with Crippen LogP contribution in [0.15, 0.2) is 27.5 Å². The van der Waals surface area contributed by atoms with Crippen LogP contribution >= 0.6 is 0 Å². The maximum atomic E-state index is 5.51. The van der Waals surface area contributed by atoms with Crippen LogP contribution < -0.4 is 0 Å². The van der Waals surface area contributed by atoms with Crippen LogP contribution in [0.2, 0.25) is 0 Å². The number of nitrogens with zero attached hydrogens (tertiary/aromatic N) is 7. The minimum atomic E-state index is 0.0438. The maximum absolute atomic E-state index is 5.51. The van der Waals surface area contributed by atoms with Gasteiger partial charge in [-0.3, -0.25) is 4.90 Å². The lowest BCUT2D eigenvalue weighted by Gasteiger charge is -2.32. The summed E-state index contributed by atoms with van der Waals surface area (Å²) in [6.07, 6.45) is 7.25. The first-order valence-electron chi connectivity index (χ1n) is 8.50. The Bertz CT molecular complexity index is 817. The Hall–Kier alpha value is -2.68. The summed E-state index contributed by atoms with van der Waals surface area (Å²) >= 11 is 0. The molecule has 130 valence electrons. The third-order valence-electron chi connectivity index (χ3n) is 4.26. The van der Waals surface area contributed by atoms with Crippen molar-refractivity contribution in [3.63, 3.8) is 0 Å². The van der Waals surface area contributed by atoms with Crippen LogP contribution in [0.5, 0.6) is 0 Å². The van der Waals surface area contributed by atoms with Gasteiger partial charge in [-0.2, -0.15) is 9.97 Å². The van der Waals surface area contributed by atoms with Crippen molar-refractivity contribution in [1.29, 1.82) is 0 Å². The number of hydrogen-bond acceptors (Lipinski definition) is 9. The van der Waals surface area contributed by atoms with Gasteiger partial charge in [-0.25, -0.2) is 9.97 Å². The second kappa shape index (κ2) is 7.06. The molecule has 0 spiro atoms. The molecule has 1 aliphatic rings. The molecule has 1 aliphatic heterocycles. The van der Waals surface area contributed by atoms with Gasteiger partial charge in [0, 0.05) is 18.8 Å². The number of aromatic nitrogens is 6. The van der Waals surface area contributed by atoms with Gasteiger partial charge in [-0.05, 0) is 25.5 Å². The second-order valence-corrected chi connectivity index (χ2v) is 5.97. The molecule has 0 aliphatic carbocycles. The monoisotopic (exact) mass is 341 g/mol. The third-order valence-corrected chi connectivity index (χ3v) is 4.26. The van der Waals surface area contributed by atoms with Crippen LogP contribution in [0, 0.1) is 0 Å². The van der Waals surface area contributed by atoms with Gasteiger partial charge in [0.05, 0.1) is 12.6 Å². The highest BCUT2D eigenvalue weighted by atomic mass is 16.5. The molecule has 4 heterocycles. The quantitative estimate of drug-likeness (QED) is 0.690. The smallest absolute Gasteiger partial charge is 0.244 e. The topological polar surface area (TPSA) is 107 Å². The maximum Gasteiger partial charge on any atom is 0.244 e. The van der Waals surface area contributed by atoms with Gasteiger partial charge in [-0.15, -0.1) is 0 Å². The Morgan fingerprint density at radius 2 is 1.96 bits per heavy atom. The lowest BCUT2D eigenvalue weighted by molar-refractivity contribution is 0.107. The van der Waals surface area contributed by atoms with Gasteiger partial charge in [0.2, 0.25) is 23.4 Å². The minimum Gasteiger partial charge on any atom is -0.339 e. The van der Waals surface area contributed by atoms with Crippen LogP contribution in [-0.4, -0.2) is 41.7 Å². The summed E-state index contributed by atoms with van der Waals surface area (Å²) in [6, 6.07) is 1.80. The van der Waals surface area contributed by atoms with Crippen molar-refractivity contribution >= 4 is 0 Å². The average Bonchev–Trinajstić information content (AvgIpc) is 3.32. The second-order valence-electron chi connectivity index (χ2n) is 5.97. The average molecular weight is 341 g/mol. The van der Waals surface area contributed by atoms with Gasteiger partial charge in [0.1, 0.15) is 0 Å². The highest BCUT2D eigenvalue weighted by molar-refractivity contribution is 5.40. The first kappa shape index (κ1) is 15.8. The minimum absolute atomic E-state index is 0.0438. The molecule has 0 aromatic carbocycles. The summed E-state index contributed by atoms with van der Waals surface area (Å²) in [5.41, 5.74) is 0. The molecule has 3 aromatic heterocycles. The molecule has 0 N–H and O–H groups in total. The Kier molecular flexibility index (Phi) is 4.47. The molecule has 25 heavy (non-hydrogen) atoms. The number of rotatable bonds is 5. The Morgan fingerprint density at radius 1 is 1.08 bits per heavy atom. The summed E-state index contributed by atoms with van der Waals surface area (Å²) in [5, 5.41) is 8.08. The molecule has 1 atom stereocenters. The van der Waals surface area contributed by atoms with Gasteiger partial charge < -0.3 is 9.05 Å². The van der Waals surface area contributed by atoms with Gasteiger partial charge >= 0.3 is 0 Å². The van der Waals surface area contributed by atoms with E-state index in [-0.39, 0.29) is 6.04 Å². The molecule has 9 nitrogen and oxygen atoms in total. The van der Waals surface area contributed by atoms with Crippen molar-refractivity contribution in [3.05, 3.63) is 36.1 Å². The molecule has 3 aromatic rings. The van der Waals surface area contributed by atoms with Gasteiger partial charge in [-0.1, -0.05) is 23.7 Å². The van der Waals surface area contributed by atoms with E-state index in [1.807, 2.05) is 6.92 Å². The fourth-order valence-corrected chi connectivity index (χ4v) is 3.02. The fraction of sp³-hybridized carbons (Fsp3) is 0.500. The highest BCUT2D eigenvalue weighted by Gasteiger charge is 2.30. The molecule has 0 saturated carbocycles. The number of piperidine rings is 1. The van der Waals surface area contributed by atoms with E-state index in [1.54, 1.807) is 18.5 Å². The van der Waals surface area contributed by atoms with Crippen molar-refractivity contribution in [2.75, 3.05) is 6.54 Å². The Balaban J connectivity index is 1.54. The zero-order valence-corrected chi connectivity index (χ0v) is 14.0.